The number of carbonyl (C=O) groups excluding carboxylic acids is 2. The lowest BCUT2D eigenvalue weighted by Gasteiger charge is -2.36. The topological polar surface area (TPSA) is 65.5 Å². The Morgan fingerprint density at radius 2 is 1.93 bits per heavy atom. The Morgan fingerprint density at radius 1 is 1.11 bits per heavy atom. The Balaban J connectivity index is 1.41. The van der Waals surface area contributed by atoms with Crippen molar-refractivity contribution in [1.82, 2.24) is 20.1 Å². The van der Waals surface area contributed by atoms with Gasteiger partial charge >= 0.3 is 6.03 Å². The van der Waals surface area contributed by atoms with Crippen LogP contribution >= 0.6 is 0 Å². The molecule has 4 heterocycles. The van der Waals surface area contributed by atoms with Gasteiger partial charge in [0.1, 0.15) is 5.82 Å². The van der Waals surface area contributed by atoms with Gasteiger partial charge in [-0.15, -0.1) is 0 Å². The zero-order chi connectivity index (χ0) is 19.5. The van der Waals surface area contributed by atoms with Crippen LogP contribution in [0, 0.1) is 11.7 Å². The summed E-state index contributed by atoms with van der Waals surface area (Å²) in [5, 5.41) is 2.93. The summed E-state index contributed by atoms with van der Waals surface area (Å²) in [5.74, 6) is -0.0483. The molecule has 1 aromatic heterocycles. The van der Waals surface area contributed by atoms with Crippen LogP contribution in [0.4, 0.5) is 9.18 Å². The average Bonchev–Trinajstić information content (AvgIpc) is 3.05. The largest absolute Gasteiger partial charge is 0.336 e. The highest BCUT2D eigenvalue weighted by molar-refractivity contribution is 5.94. The second-order valence-electron chi connectivity index (χ2n) is 7.49. The van der Waals surface area contributed by atoms with Crippen molar-refractivity contribution in [3.05, 3.63) is 65.7 Å². The highest BCUT2D eigenvalue weighted by atomic mass is 19.1. The summed E-state index contributed by atoms with van der Waals surface area (Å²) in [4.78, 5) is 33.3. The van der Waals surface area contributed by atoms with Gasteiger partial charge in [-0.1, -0.05) is 12.1 Å². The lowest BCUT2D eigenvalue weighted by Crippen LogP contribution is -2.51. The molecule has 1 aromatic carbocycles. The monoisotopic (exact) mass is 382 g/mol. The molecule has 146 valence electrons. The maximum Gasteiger partial charge on any atom is 0.317 e. The second-order valence-corrected chi connectivity index (χ2v) is 7.49. The molecule has 3 aliphatic rings. The molecule has 5 rings (SSSR count). The van der Waals surface area contributed by atoms with Gasteiger partial charge in [-0.3, -0.25) is 9.78 Å². The number of carbonyl (C=O) groups is 2. The number of hydrogen-bond acceptors (Lipinski definition) is 3. The molecule has 0 aliphatic carbocycles. The van der Waals surface area contributed by atoms with Crippen LogP contribution in [-0.4, -0.2) is 52.4 Å². The smallest absolute Gasteiger partial charge is 0.317 e. The zero-order valence-corrected chi connectivity index (χ0v) is 15.6. The zero-order valence-electron chi connectivity index (χ0n) is 15.6. The molecule has 2 bridgehead atoms. The van der Waals surface area contributed by atoms with Gasteiger partial charge in [0.05, 0.1) is 11.6 Å². The van der Waals surface area contributed by atoms with Gasteiger partial charge in [0.25, 0.3) is 5.91 Å². The third-order valence-corrected chi connectivity index (χ3v) is 5.53. The van der Waals surface area contributed by atoms with E-state index in [2.05, 4.69) is 10.3 Å². The molecular weight excluding hydrogens is 359 g/mol. The van der Waals surface area contributed by atoms with E-state index >= 15 is 0 Å². The summed E-state index contributed by atoms with van der Waals surface area (Å²) in [7, 11) is 0. The van der Waals surface area contributed by atoms with Gasteiger partial charge in [0.15, 0.2) is 0 Å². The van der Waals surface area contributed by atoms with Crippen molar-refractivity contribution in [2.45, 2.75) is 25.4 Å². The van der Waals surface area contributed by atoms with Gasteiger partial charge in [-0.25, -0.2) is 9.18 Å². The molecule has 1 N–H and O–H groups in total. The molecule has 0 radical (unpaired) electrons. The lowest BCUT2D eigenvalue weighted by atomic mass is 9.95. The van der Waals surface area contributed by atoms with E-state index < -0.39 is 0 Å². The third-order valence-electron chi connectivity index (χ3n) is 5.53. The Morgan fingerprint density at radius 3 is 2.68 bits per heavy atom. The number of benzene rings is 1. The van der Waals surface area contributed by atoms with Crippen LogP contribution in [0.5, 0.6) is 0 Å². The van der Waals surface area contributed by atoms with Gasteiger partial charge in [-0.05, 0) is 48.6 Å². The van der Waals surface area contributed by atoms with E-state index in [9.17, 15) is 14.0 Å². The molecule has 2 atom stereocenters. The molecule has 7 heteroatoms. The van der Waals surface area contributed by atoms with Crippen LogP contribution in [-0.2, 0) is 6.54 Å². The fourth-order valence-corrected chi connectivity index (χ4v) is 4.05. The molecule has 0 saturated carbocycles. The van der Waals surface area contributed by atoms with E-state index in [1.54, 1.807) is 36.7 Å². The summed E-state index contributed by atoms with van der Waals surface area (Å²) in [5.41, 5.74) is 1.43. The predicted molar refractivity (Wildman–Crippen MR) is 102 cm³/mol. The number of aromatic nitrogens is 1. The first-order valence-electron chi connectivity index (χ1n) is 9.58. The first kappa shape index (κ1) is 18.4. The minimum Gasteiger partial charge on any atom is -0.336 e. The Bertz CT molecular complexity index is 843. The van der Waals surface area contributed by atoms with Crippen molar-refractivity contribution in [1.29, 1.82) is 0 Å². The predicted octanol–water partition coefficient (Wildman–Crippen LogP) is 2.67. The number of nitrogens with zero attached hydrogens (tertiary/aromatic N) is 3. The number of rotatable bonds is 3. The number of urea groups is 1. The molecule has 0 spiro atoms. The fraction of sp³-hybridized carbons (Fsp3) is 0.381. The van der Waals surface area contributed by atoms with Crippen molar-refractivity contribution >= 4 is 11.9 Å². The average molecular weight is 382 g/mol. The number of halogens is 1. The highest BCUT2D eigenvalue weighted by Gasteiger charge is 2.38. The van der Waals surface area contributed by atoms with Crippen LogP contribution in [0.1, 0.15) is 28.8 Å². The van der Waals surface area contributed by atoms with E-state index in [0.717, 1.165) is 18.4 Å². The van der Waals surface area contributed by atoms with Crippen LogP contribution < -0.4 is 5.32 Å². The lowest BCUT2D eigenvalue weighted by molar-refractivity contribution is 0.0741. The first-order valence-corrected chi connectivity index (χ1v) is 9.58. The van der Waals surface area contributed by atoms with Crippen LogP contribution in [0.3, 0.4) is 0 Å². The van der Waals surface area contributed by atoms with Crippen molar-refractivity contribution in [2.24, 2.45) is 5.92 Å². The summed E-state index contributed by atoms with van der Waals surface area (Å²) < 4.78 is 13.0. The molecule has 3 amide bonds. The summed E-state index contributed by atoms with van der Waals surface area (Å²) in [6.07, 6.45) is 5.15. The number of fused-ring (bicyclic) bond motifs is 4. The van der Waals surface area contributed by atoms with Gasteiger partial charge in [0, 0.05) is 38.6 Å². The molecule has 3 aliphatic heterocycles. The fourth-order valence-electron chi connectivity index (χ4n) is 4.05. The van der Waals surface area contributed by atoms with Crippen molar-refractivity contribution in [3.63, 3.8) is 0 Å². The van der Waals surface area contributed by atoms with Gasteiger partial charge in [0.2, 0.25) is 0 Å². The number of pyridine rings is 1. The number of amides is 3. The normalized spacial score (nSPS) is 21.3. The molecule has 0 unspecified atom stereocenters. The number of piperidine rings is 1. The van der Waals surface area contributed by atoms with Crippen molar-refractivity contribution < 1.29 is 14.0 Å². The maximum absolute atomic E-state index is 13.0. The molecule has 28 heavy (non-hydrogen) atoms. The van der Waals surface area contributed by atoms with E-state index in [1.165, 1.54) is 12.1 Å². The summed E-state index contributed by atoms with van der Waals surface area (Å²) in [6, 6.07) is 9.51. The van der Waals surface area contributed by atoms with E-state index in [4.69, 9.17) is 0 Å². The number of nitrogens with one attached hydrogen (secondary N) is 1. The minimum absolute atomic E-state index is 0.00703. The minimum atomic E-state index is -0.293. The molecule has 2 aromatic rings. The SMILES string of the molecule is O=C(c1cccnc1)N1C[C@@H]2CC[C@H](C1)N(C(=O)NCc1ccc(F)cc1)C2. The Hall–Kier alpha value is -2.96. The molecule has 3 fully saturated rings. The Kier molecular flexibility index (Phi) is 5.23. The van der Waals surface area contributed by atoms with E-state index in [0.29, 0.717) is 31.7 Å². The van der Waals surface area contributed by atoms with Gasteiger partial charge < -0.3 is 15.1 Å². The highest BCUT2D eigenvalue weighted by Crippen LogP contribution is 2.28. The van der Waals surface area contributed by atoms with Crippen molar-refractivity contribution in [3.8, 4) is 0 Å². The van der Waals surface area contributed by atoms with E-state index in [-0.39, 0.29) is 29.7 Å². The van der Waals surface area contributed by atoms with Crippen LogP contribution in [0.15, 0.2) is 48.8 Å². The summed E-state index contributed by atoms with van der Waals surface area (Å²) >= 11 is 0. The van der Waals surface area contributed by atoms with Gasteiger partial charge in [-0.2, -0.15) is 0 Å². The summed E-state index contributed by atoms with van der Waals surface area (Å²) in [6.45, 7) is 2.20. The molecule has 3 saturated heterocycles. The second kappa shape index (κ2) is 7.96. The molecular formula is C21H23FN4O2. The molecule has 6 nitrogen and oxygen atoms in total. The first-order chi connectivity index (χ1) is 13.6. The van der Waals surface area contributed by atoms with E-state index in [1.807, 2.05) is 9.80 Å². The van der Waals surface area contributed by atoms with Crippen LogP contribution in [0.2, 0.25) is 0 Å². The quantitative estimate of drug-likeness (QED) is 0.888. The standard InChI is InChI=1S/C21H23FN4O2/c22-18-6-3-15(4-7-18)10-24-21(28)26-13-16-5-8-19(26)14-25(12-16)20(27)17-2-1-9-23-11-17/h1-4,6-7,9,11,16,19H,5,8,10,12-14H2,(H,24,28)/t16-,19+/m0/s1. The maximum atomic E-state index is 13.0. The Labute approximate surface area is 163 Å². The van der Waals surface area contributed by atoms with Crippen LogP contribution in [0.25, 0.3) is 0 Å². The number of hydrogen-bond donors (Lipinski definition) is 1. The third kappa shape index (κ3) is 3.98. The van der Waals surface area contributed by atoms with Crippen molar-refractivity contribution in [2.75, 3.05) is 19.6 Å².